The molecule has 0 aliphatic carbocycles. The van der Waals surface area contributed by atoms with E-state index in [1.54, 1.807) is 41.5 Å². The molecule has 0 fully saturated rings. The van der Waals surface area contributed by atoms with Crippen molar-refractivity contribution in [2.45, 2.75) is 97.3 Å². The van der Waals surface area contributed by atoms with Gasteiger partial charge in [0.1, 0.15) is 11.2 Å². The van der Waals surface area contributed by atoms with Crippen molar-refractivity contribution in [3.8, 4) is 0 Å². The van der Waals surface area contributed by atoms with Gasteiger partial charge in [0.25, 0.3) is 0 Å². The molecule has 0 heterocycles. The van der Waals surface area contributed by atoms with Gasteiger partial charge in [-0.05, 0) is 60.8 Å². The van der Waals surface area contributed by atoms with E-state index in [1.165, 1.54) is 0 Å². The first-order chi connectivity index (χ1) is 20.1. The molecule has 43 heavy (non-hydrogen) atoms. The van der Waals surface area contributed by atoms with Gasteiger partial charge in [-0.15, -0.1) is 0 Å². The zero-order valence-corrected chi connectivity index (χ0v) is 27.4. The Hall–Kier alpha value is -2.68. The second-order valence-electron chi connectivity index (χ2n) is 12.3. The van der Waals surface area contributed by atoms with Crippen LogP contribution < -0.4 is 27.0 Å². The Bertz CT molecular complexity index is 755. The summed E-state index contributed by atoms with van der Waals surface area (Å²) in [6, 6.07) is 0. The number of nitrogens with one attached hydrogen (secondary N) is 4. The molecule has 0 unspecified atom stereocenters. The molecule has 0 spiro atoms. The van der Waals surface area contributed by atoms with Gasteiger partial charge in [-0.3, -0.25) is 9.59 Å². The normalized spacial score (nSPS) is 11.9. The number of rotatable bonds is 22. The first-order valence-corrected chi connectivity index (χ1v) is 15.0. The molecule has 0 rings (SSSR count). The van der Waals surface area contributed by atoms with Crippen molar-refractivity contribution in [1.82, 2.24) is 21.3 Å². The summed E-state index contributed by atoms with van der Waals surface area (Å²) in [7, 11) is 0. The Labute approximate surface area is 257 Å². The van der Waals surface area contributed by atoms with Gasteiger partial charge < -0.3 is 50.7 Å². The fourth-order valence-corrected chi connectivity index (χ4v) is 3.24. The van der Waals surface area contributed by atoms with E-state index in [0.717, 1.165) is 6.42 Å². The number of carbonyl (C=O) groups is 4. The molecule has 0 aliphatic heterocycles. The lowest BCUT2D eigenvalue weighted by Gasteiger charge is -2.29. The molecule has 4 amide bonds. The van der Waals surface area contributed by atoms with Crippen molar-refractivity contribution in [2.24, 2.45) is 5.73 Å². The molecule has 0 aromatic heterocycles. The van der Waals surface area contributed by atoms with Gasteiger partial charge in [0, 0.05) is 45.6 Å². The summed E-state index contributed by atoms with van der Waals surface area (Å²) in [6.45, 7) is 15.6. The van der Waals surface area contributed by atoms with E-state index in [4.69, 9.17) is 29.4 Å². The number of amides is 4. The predicted molar refractivity (Wildman–Crippen MR) is 163 cm³/mol. The maximum atomic E-state index is 12.1. The molecule has 0 saturated heterocycles. The quantitative estimate of drug-likeness (QED) is 0.112. The predicted octanol–water partition coefficient (Wildman–Crippen LogP) is 1.99. The minimum atomic E-state index is -0.942. The van der Waals surface area contributed by atoms with Crippen LogP contribution in [0, 0.1) is 0 Å². The van der Waals surface area contributed by atoms with E-state index in [1.807, 2.05) is 6.92 Å². The van der Waals surface area contributed by atoms with Crippen molar-refractivity contribution in [2.75, 3.05) is 65.8 Å². The van der Waals surface area contributed by atoms with Crippen LogP contribution in [0.1, 0.15) is 80.6 Å². The summed E-state index contributed by atoms with van der Waals surface area (Å²) in [4.78, 5) is 47.4. The number of hydrogen-bond donors (Lipinski definition) is 5. The number of hydrogen-bond acceptors (Lipinski definition) is 10. The highest BCUT2D eigenvalue weighted by molar-refractivity contribution is 5.76. The van der Waals surface area contributed by atoms with Gasteiger partial charge in [-0.1, -0.05) is 6.92 Å². The summed E-state index contributed by atoms with van der Waals surface area (Å²) >= 11 is 0. The first kappa shape index (κ1) is 40.3. The standard InChI is InChI=1S/C29H57N5O9/c1-8-17-39-20-29(30,21-40-18-11-23(35)31-13-9-15-33-25(37)42-27(2,3)4)22-41-19-12-24(36)32-14-10-16-34-26(38)43-28(5,6)7/h8-22,30H2,1-7H3,(H,31,35)(H,32,36)(H,33,37)(H,34,38). The summed E-state index contributed by atoms with van der Waals surface area (Å²) in [6.07, 6.45) is 1.28. The van der Waals surface area contributed by atoms with E-state index in [9.17, 15) is 19.2 Å². The number of nitrogens with two attached hydrogens (primary N) is 1. The monoisotopic (exact) mass is 619 g/mol. The van der Waals surface area contributed by atoms with Crippen LogP contribution in [0.2, 0.25) is 0 Å². The molecule has 0 radical (unpaired) electrons. The third kappa shape index (κ3) is 26.7. The highest BCUT2D eigenvalue weighted by Crippen LogP contribution is 2.08. The van der Waals surface area contributed by atoms with E-state index in [2.05, 4.69) is 21.3 Å². The lowest BCUT2D eigenvalue weighted by molar-refractivity contribution is -0.122. The number of ether oxygens (including phenoxy) is 5. The molecule has 0 bridgehead atoms. The van der Waals surface area contributed by atoms with E-state index in [0.29, 0.717) is 45.6 Å². The van der Waals surface area contributed by atoms with Crippen LogP contribution in [-0.2, 0) is 33.3 Å². The van der Waals surface area contributed by atoms with Crippen LogP contribution in [0.25, 0.3) is 0 Å². The SMILES string of the molecule is CCCOCC(N)(COCCC(=O)NCCCNC(=O)OC(C)(C)C)COCCC(=O)NCCCNC(=O)OC(C)(C)C. The molecule has 0 atom stereocenters. The van der Waals surface area contributed by atoms with Crippen LogP contribution in [0.3, 0.4) is 0 Å². The lowest BCUT2D eigenvalue weighted by atomic mass is 10.1. The van der Waals surface area contributed by atoms with Gasteiger partial charge in [-0.2, -0.15) is 0 Å². The topological polar surface area (TPSA) is 189 Å². The summed E-state index contributed by atoms with van der Waals surface area (Å²) in [5, 5.41) is 10.8. The molecular weight excluding hydrogens is 562 g/mol. The minimum absolute atomic E-state index is 0.112. The second kappa shape index (κ2) is 21.9. The first-order valence-electron chi connectivity index (χ1n) is 15.0. The maximum absolute atomic E-state index is 12.1. The summed E-state index contributed by atoms with van der Waals surface area (Å²) < 4.78 is 27.3. The third-order valence-corrected chi connectivity index (χ3v) is 5.15. The van der Waals surface area contributed by atoms with Crippen LogP contribution in [0.5, 0.6) is 0 Å². The molecule has 6 N–H and O–H groups in total. The van der Waals surface area contributed by atoms with Gasteiger partial charge in [0.05, 0.1) is 38.6 Å². The number of alkyl carbamates (subject to hydrolysis) is 2. The zero-order valence-electron chi connectivity index (χ0n) is 27.4. The highest BCUT2D eigenvalue weighted by Gasteiger charge is 2.27. The van der Waals surface area contributed by atoms with Crippen molar-refractivity contribution < 1.29 is 42.9 Å². The minimum Gasteiger partial charge on any atom is -0.444 e. The van der Waals surface area contributed by atoms with Gasteiger partial charge in [0.15, 0.2) is 0 Å². The molecule has 14 nitrogen and oxygen atoms in total. The van der Waals surface area contributed by atoms with E-state index in [-0.39, 0.29) is 57.7 Å². The molecule has 252 valence electrons. The molecule has 0 aromatic carbocycles. The summed E-state index contributed by atoms with van der Waals surface area (Å²) in [5.41, 5.74) is 4.40. The fourth-order valence-electron chi connectivity index (χ4n) is 3.24. The van der Waals surface area contributed by atoms with Crippen molar-refractivity contribution in [3.05, 3.63) is 0 Å². The Kier molecular flexibility index (Phi) is 20.6. The van der Waals surface area contributed by atoms with E-state index < -0.39 is 28.9 Å². The Morgan fingerprint density at radius 1 is 0.581 bits per heavy atom. The Morgan fingerprint density at radius 2 is 0.930 bits per heavy atom. The molecule has 0 aliphatic rings. The third-order valence-electron chi connectivity index (χ3n) is 5.15. The van der Waals surface area contributed by atoms with Crippen molar-refractivity contribution in [3.63, 3.8) is 0 Å². The largest absolute Gasteiger partial charge is 0.444 e. The summed E-state index contributed by atoms with van der Waals surface area (Å²) in [5.74, 6) is -0.352. The molecule has 14 heteroatoms. The number of carbonyl (C=O) groups excluding carboxylic acids is 4. The lowest BCUT2D eigenvalue weighted by Crippen LogP contribution is -2.53. The molecule has 0 aromatic rings. The average Bonchev–Trinajstić information content (AvgIpc) is 2.87. The van der Waals surface area contributed by atoms with Gasteiger partial charge >= 0.3 is 12.2 Å². The zero-order chi connectivity index (χ0) is 32.8. The fraction of sp³-hybridized carbons (Fsp3) is 0.862. The van der Waals surface area contributed by atoms with Crippen LogP contribution >= 0.6 is 0 Å². The Balaban J connectivity index is 4.16. The van der Waals surface area contributed by atoms with Crippen LogP contribution in [0.15, 0.2) is 0 Å². The smallest absolute Gasteiger partial charge is 0.407 e. The van der Waals surface area contributed by atoms with Crippen LogP contribution in [-0.4, -0.2) is 107 Å². The molecule has 0 saturated carbocycles. The second-order valence-corrected chi connectivity index (χ2v) is 12.3. The van der Waals surface area contributed by atoms with Gasteiger partial charge in [0.2, 0.25) is 11.8 Å². The van der Waals surface area contributed by atoms with Crippen molar-refractivity contribution >= 4 is 24.0 Å². The maximum Gasteiger partial charge on any atom is 0.407 e. The van der Waals surface area contributed by atoms with Gasteiger partial charge in [-0.25, -0.2) is 9.59 Å². The van der Waals surface area contributed by atoms with Crippen molar-refractivity contribution in [1.29, 1.82) is 0 Å². The highest BCUT2D eigenvalue weighted by atomic mass is 16.6. The van der Waals surface area contributed by atoms with Crippen LogP contribution in [0.4, 0.5) is 9.59 Å². The molecular formula is C29H57N5O9. The van der Waals surface area contributed by atoms with E-state index >= 15 is 0 Å². The average molecular weight is 620 g/mol. The Morgan fingerprint density at radius 3 is 1.28 bits per heavy atom.